The van der Waals surface area contributed by atoms with E-state index in [1.165, 1.54) is 0 Å². The number of hydrogen-bond acceptors (Lipinski definition) is 4. The second kappa shape index (κ2) is 9.37. The highest BCUT2D eigenvalue weighted by atomic mass is 16.5. The fourth-order valence-corrected chi connectivity index (χ4v) is 3.04. The van der Waals surface area contributed by atoms with Gasteiger partial charge in [-0.25, -0.2) is 0 Å². The summed E-state index contributed by atoms with van der Waals surface area (Å²) in [6.45, 7) is 4.91. The third-order valence-corrected chi connectivity index (χ3v) is 4.58. The average Bonchev–Trinajstić information content (AvgIpc) is 3.20. The monoisotopic (exact) mass is 382 g/mol. The molecular formula is C22H26N2O4. The minimum atomic E-state index is -0.668. The molecule has 0 aliphatic carbocycles. The van der Waals surface area contributed by atoms with Crippen molar-refractivity contribution in [3.05, 3.63) is 59.7 Å². The standard InChI is InChI=1S/C22H26N2O4/c1-15-6-3-9-19(12-15)28-16(2)21(25)24-18-8-4-7-17(13-18)22(26)23-14-20-10-5-11-27-20/h3-4,6-9,12-13,16,20H,5,10-11,14H2,1-2H3,(H,23,26)(H,24,25). The zero-order chi connectivity index (χ0) is 19.9. The van der Waals surface area contributed by atoms with Crippen LogP contribution in [0.25, 0.3) is 0 Å². The fourth-order valence-electron chi connectivity index (χ4n) is 3.04. The molecule has 0 spiro atoms. The maximum Gasteiger partial charge on any atom is 0.265 e. The Hall–Kier alpha value is -2.86. The number of nitrogens with one attached hydrogen (secondary N) is 2. The molecule has 2 aromatic carbocycles. The fraction of sp³-hybridized carbons (Fsp3) is 0.364. The number of hydrogen-bond donors (Lipinski definition) is 2. The van der Waals surface area contributed by atoms with Crippen LogP contribution in [0.1, 0.15) is 35.7 Å². The van der Waals surface area contributed by atoms with Crippen molar-refractivity contribution in [3.8, 4) is 5.75 Å². The predicted molar refractivity (Wildman–Crippen MR) is 108 cm³/mol. The van der Waals surface area contributed by atoms with Crippen LogP contribution in [-0.2, 0) is 9.53 Å². The smallest absolute Gasteiger partial charge is 0.265 e. The molecule has 1 aliphatic rings. The largest absolute Gasteiger partial charge is 0.481 e. The summed E-state index contributed by atoms with van der Waals surface area (Å²) in [5.74, 6) is 0.180. The predicted octanol–water partition coefficient (Wildman–Crippen LogP) is 3.31. The molecule has 0 aromatic heterocycles. The molecule has 6 heteroatoms. The van der Waals surface area contributed by atoms with Crippen molar-refractivity contribution in [1.82, 2.24) is 5.32 Å². The minimum absolute atomic E-state index is 0.0893. The quantitative estimate of drug-likeness (QED) is 0.770. The van der Waals surface area contributed by atoms with Gasteiger partial charge in [-0.1, -0.05) is 18.2 Å². The van der Waals surface area contributed by atoms with Gasteiger partial charge in [-0.05, 0) is 62.6 Å². The van der Waals surface area contributed by atoms with E-state index < -0.39 is 6.10 Å². The van der Waals surface area contributed by atoms with E-state index in [4.69, 9.17) is 9.47 Å². The first-order chi connectivity index (χ1) is 13.5. The Morgan fingerprint density at radius 1 is 1.21 bits per heavy atom. The number of aryl methyl sites for hydroxylation is 1. The Morgan fingerprint density at radius 2 is 2.04 bits per heavy atom. The lowest BCUT2D eigenvalue weighted by Crippen LogP contribution is -2.32. The average molecular weight is 382 g/mol. The highest BCUT2D eigenvalue weighted by Crippen LogP contribution is 2.16. The number of rotatable bonds is 7. The molecule has 0 saturated carbocycles. The minimum Gasteiger partial charge on any atom is -0.481 e. The molecule has 2 aromatic rings. The van der Waals surface area contributed by atoms with Crippen LogP contribution in [0, 0.1) is 6.92 Å². The van der Waals surface area contributed by atoms with Gasteiger partial charge in [-0.3, -0.25) is 9.59 Å². The summed E-state index contributed by atoms with van der Waals surface area (Å²) in [6.07, 6.45) is 1.42. The SMILES string of the molecule is Cc1cccc(OC(C)C(=O)Nc2cccc(C(=O)NCC3CCCO3)c2)c1. The lowest BCUT2D eigenvalue weighted by atomic mass is 10.1. The molecule has 2 unspecified atom stereocenters. The van der Waals surface area contributed by atoms with Crippen molar-refractivity contribution in [3.63, 3.8) is 0 Å². The van der Waals surface area contributed by atoms with Gasteiger partial charge in [0.15, 0.2) is 6.10 Å². The van der Waals surface area contributed by atoms with Crippen LogP contribution < -0.4 is 15.4 Å². The molecule has 1 saturated heterocycles. The molecule has 2 N–H and O–H groups in total. The molecule has 28 heavy (non-hydrogen) atoms. The highest BCUT2D eigenvalue weighted by Gasteiger charge is 2.18. The Morgan fingerprint density at radius 3 is 2.79 bits per heavy atom. The van der Waals surface area contributed by atoms with Crippen LogP contribution in [0.3, 0.4) is 0 Å². The van der Waals surface area contributed by atoms with Crippen LogP contribution in [0.4, 0.5) is 5.69 Å². The number of benzene rings is 2. The maximum atomic E-state index is 12.4. The van der Waals surface area contributed by atoms with E-state index in [1.807, 2.05) is 31.2 Å². The summed E-state index contributed by atoms with van der Waals surface area (Å²) < 4.78 is 11.2. The Balaban J connectivity index is 1.55. The van der Waals surface area contributed by atoms with E-state index >= 15 is 0 Å². The van der Waals surface area contributed by atoms with Gasteiger partial charge < -0.3 is 20.1 Å². The Kier molecular flexibility index (Phi) is 6.66. The normalized spacial score (nSPS) is 17.0. The number of carbonyl (C=O) groups is 2. The van der Waals surface area contributed by atoms with Crippen molar-refractivity contribution in [2.75, 3.05) is 18.5 Å². The van der Waals surface area contributed by atoms with Gasteiger partial charge in [0, 0.05) is 24.4 Å². The van der Waals surface area contributed by atoms with Crippen molar-refractivity contribution in [2.45, 2.75) is 38.9 Å². The first kappa shape index (κ1) is 19.9. The molecule has 2 amide bonds. The molecule has 1 fully saturated rings. The molecule has 1 heterocycles. The number of carbonyl (C=O) groups excluding carboxylic acids is 2. The van der Waals surface area contributed by atoms with Crippen LogP contribution in [-0.4, -0.2) is 37.2 Å². The second-order valence-electron chi connectivity index (χ2n) is 6.99. The highest BCUT2D eigenvalue weighted by molar-refractivity contribution is 5.98. The van der Waals surface area contributed by atoms with Crippen LogP contribution in [0.5, 0.6) is 5.75 Å². The van der Waals surface area contributed by atoms with Gasteiger partial charge in [0.2, 0.25) is 0 Å². The lowest BCUT2D eigenvalue weighted by Gasteiger charge is -2.15. The summed E-state index contributed by atoms with van der Waals surface area (Å²) in [5, 5.41) is 5.68. The number of ether oxygens (including phenoxy) is 2. The third-order valence-electron chi connectivity index (χ3n) is 4.58. The maximum absolute atomic E-state index is 12.4. The van der Waals surface area contributed by atoms with Crippen molar-refractivity contribution >= 4 is 17.5 Å². The van der Waals surface area contributed by atoms with Crippen molar-refractivity contribution in [2.24, 2.45) is 0 Å². The molecular weight excluding hydrogens is 356 g/mol. The van der Waals surface area contributed by atoms with E-state index in [0.29, 0.717) is 23.5 Å². The summed E-state index contributed by atoms with van der Waals surface area (Å²) >= 11 is 0. The van der Waals surface area contributed by atoms with E-state index in [2.05, 4.69) is 10.6 Å². The van der Waals surface area contributed by atoms with Gasteiger partial charge in [0.1, 0.15) is 5.75 Å². The van der Waals surface area contributed by atoms with Gasteiger partial charge >= 0.3 is 0 Å². The number of anilines is 1. The molecule has 0 radical (unpaired) electrons. The zero-order valence-electron chi connectivity index (χ0n) is 16.2. The second-order valence-corrected chi connectivity index (χ2v) is 6.99. The zero-order valence-corrected chi connectivity index (χ0v) is 16.2. The molecule has 1 aliphatic heterocycles. The van der Waals surface area contributed by atoms with Crippen LogP contribution in [0.15, 0.2) is 48.5 Å². The van der Waals surface area contributed by atoms with Crippen LogP contribution in [0.2, 0.25) is 0 Å². The van der Waals surface area contributed by atoms with E-state index in [-0.39, 0.29) is 17.9 Å². The molecule has 148 valence electrons. The Bertz CT molecular complexity index is 831. The van der Waals surface area contributed by atoms with Crippen molar-refractivity contribution in [1.29, 1.82) is 0 Å². The molecule has 2 atom stereocenters. The van der Waals surface area contributed by atoms with Gasteiger partial charge in [0.05, 0.1) is 6.10 Å². The number of amides is 2. The summed E-state index contributed by atoms with van der Waals surface area (Å²) in [4.78, 5) is 24.8. The Labute approximate surface area is 165 Å². The first-order valence-corrected chi connectivity index (χ1v) is 9.55. The summed E-state index contributed by atoms with van der Waals surface area (Å²) in [6, 6.07) is 14.4. The molecule has 6 nitrogen and oxygen atoms in total. The van der Waals surface area contributed by atoms with Gasteiger partial charge in [0.25, 0.3) is 11.8 Å². The van der Waals surface area contributed by atoms with Crippen LogP contribution >= 0.6 is 0 Å². The summed E-state index contributed by atoms with van der Waals surface area (Å²) in [5.41, 5.74) is 2.10. The van der Waals surface area contributed by atoms with Crippen molar-refractivity contribution < 1.29 is 19.1 Å². The van der Waals surface area contributed by atoms with Gasteiger partial charge in [-0.2, -0.15) is 0 Å². The third kappa shape index (κ3) is 5.57. The topological polar surface area (TPSA) is 76.7 Å². The van der Waals surface area contributed by atoms with Gasteiger partial charge in [-0.15, -0.1) is 0 Å². The van der Waals surface area contributed by atoms with E-state index in [9.17, 15) is 9.59 Å². The van der Waals surface area contributed by atoms with E-state index in [0.717, 1.165) is 25.0 Å². The summed E-state index contributed by atoms with van der Waals surface area (Å²) in [7, 11) is 0. The molecule has 3 rings (SSSR count). The molecule has 0 bridgehead atoms. The lowest BCUT2D eigenvalue weighted by molar-refractivity contribution is -0.122. The first-order valence-electron chi connectivity index (χ1n) is 9.55. The van der Waals surface area contributed by atoms with E-state index in [1.54, 1.807) is 31.2 Å².